The third kappa shape index (κ3) is 6.27. The van der Waals surface area contributed by atoms with Crippen LogP contribution in [-0.2, 0) is 27.8 Å². The summed E-state index contributed by atoms with van der Waals surface area (Å²) in [6.45, 7) is 4.29. The molecule has 1 N–H and O–H groups in total. The maximum Gasteiger partial charge on any atom is 0.232 e. The van der Waals surface area contributed by atoms with Gasteiger partial charge in [0.25, 0.3) is 0 Å². The van der Waals surface area contributed by atoms with Gasteiger partial charge in [-0.3, -0.25) is 9.00 Å². The average Bonchev–Trinajstić information content (AvgIpc) is 3.04. The predicted molar refractivity (Wildman–Crippen MR) is 116 cm³/mol. The molecule has 2 aromatic carbocycles. The molecule has 0 bridgehead atoms. The Bertz CT molecular complexity index is 998. The first-order chi connectivity index (χ1) is 13.9. The van der Waals surface area contributed by atoms with E-state index in [0.717, 1.165) is 16.7 Å². The van der Waals surface area contributed by atoms with Gasteiger partial charge in [0.1, 0.15) is 11.5 Å². The van der Waals surface area contributed by atoms with E-state index in [9.17, 15) is 9.00 Å². The molecule has 0 saturated carbocycles. The monoisotopic (exact) mass is 430 g/mol. The summed E-state index contributed by atoms with van der Waals surface area (Å²) < 4.78 is 18.1. The molecule has 1 heterocycles. The summed E-state index contributed by atoms with van der Waals surface area (Å²) in [5.74, 6) is 1.01. The molecule has 0 aliphatic heterocycles. The molecule has 5 nitrogen and oxygen atoms in total. The van der Waals surface area contributed by atoms with Crippen LogP contribution in [-0.4, -0.2) is 27.4 Å². The third-order valence-electron chi connectivity index (χ3n) is 4.43. The highest BCUT2D eigenvalue weighted by atomic mass is 35.5. The van der Waals surface area contributed by atoms with E-state index in [1.807, 2.05) is 55.5 Å². The standard InChI is InChI=1S/C22H23ClN2O3S/c1-15-3-7-18(8-4-15)22-25-20(16(2)28-22)13-29(27)14-21(26)24-12-11-17-5-9-19(23)10-6-17/h3-10H,11-14H2,1-2H3,(H,24,26). The highest BCUT2D eigenvalue weighted by molar-refractivity contribution is 7.84. The van der Waals surface area contributed by atoms with Crippen molar-refractivity contribution in [3.05, 3.63) is 76.1 Å². The lowest BCUT2D eigenvalue weighted by Crippen LogP contribution is -2.30. The van der Waals surface area contributed by atoms with E-state index >= 15 is 0 Å². The Morgan fingerprint density at radius 1 is 1.10 bits per heavy atom. The first-order valence-corrected chi connectivity index (χ1v) is 11.2. The number of aryl methyl sites for hydroxylation is 2. The van der Waals surface area contributed by atoms with Gasteiger partial charge in [-0.2, -0.15) is 0 Å². The zero-order chi connectivity index (χ0) is 20.8. The van der Waals surface area contributed by atoms with Gasteiger partial charge in [0, 0.05) is 27.9 Å². The minimum Gasteiger partial charge on any atom is -0.441 e. The van der Waals surface area contributed by atoms with Crippen LogP contribution in [0, 0.1) is 13.8 Å². The first-order valence-electron chi connectivity index (χ1n) is 9.30. The number of aromatic nitrogens is 1. The number of halogens is 1. The second kappa shape index (κ2) is 9.85. The number of nitrogens with zero attached hydrogens (tertiary/aromatic N) is 1. The number of carbonyl (C=O) groups is 1. The van der Waals surface area contributed by atoms with Crippen molar-refractivity contribution in [1.82, 2.24) is 10.3 Å². The number of nitrogens with one attached hydrogen (secondary N) is 1. The fourth-order valence-corrected chi connectivity index (χ4v) is 3.97. The minimum atomic E-state index is -1.36. The number of oxazole rings is 1. The smallest absolute Gasteiger partial charge is 0.232 e. The fraction of sp³-hybridized carbons (Fsp3) is 0.273. The molecule has 1 amide bonds. The summed E-state index contributed by atoms with van der Waals surface area (Å²) in [4.78, 5) is 16.5. The Balaban J connectivity index is 1.49. The Hall–Kier alpha value is -2.44. The van der Waals surface area contributed by atoms with Crippen molar-refractivity contribution in [3.8, 4) is 11.5 Å². The van der Waals surface area contributed by atoms with Gasteiger partial charge in [0.05, 0.1) is 11.4 Å². The highest BCUT2D eigenvalue weighted by Gasteiger charge is 2.16. The summed E-state index contributed by atoms with van der Waals surface area (Å²) in [5.41, 5.74) is 3.72. The summed E-state index contributed by atoms with van der Waals surface area (Å²) in [5, 5.41) is 3.49. The number of carbonyl (C=O) groups excluding carboxylic acids is 1. The molecule has 3 rings (SSSR count). The summed E-state index contributed by atoms with van der Waals surface area (Å²) >= 11 is 5.86. The van der Waals surface area contributed by atoms with Crippen molar-refractivity contribution in [3.63, 3.8) is 0 Å². The Kier molecular flexibility index (Phi) is 7.23. The number of benzene rings is 2. The molecule has 152 valence electrons. The fourth-order valence-electron chi connectivity index (χ4n) is 2.78. The molecule has 0 fully saturated rings. The van der Waals surface area contributed by atoms with E-state index in [2.05, 4.69) is 10.3 Å². The van der Waals surface area contributed by atoms with Gasteiger partial charge in [-0.1, -0.05) is 41.4 Å². The zero-order valence-electron chi connectivity index (χ0n) is 16.4. The van der Waals surface area contributed by atoms with Crippen molar-refractivity contribution in [2.24, 2.45) is 0 Å². The lowest BCUT2D eigenvalue weighted by molar-refractivity contribution is -0.118. The van der Waals surface area contributed by atoms with Crippen LogP contribution >= 0.6 is 11.6 Å². The van der Waals surface area contributed by atoms with Crippen molar-refractivity contribution in [2.75, 3.05) is 12.3 Å². The number of amides is 1. The Morgan fingerprint density at radius 3 is 2.48 bits per heavy atom. The van der Waals surface area contributed by atoms with Gasteiger partial charge in [-0.25, -0.2) is 4.98 Å². The van der Waals surface area contributed by atoms with Gasteiger partial charge in [-0.05, 0) is 50.1 Å². The normalized spacial score (nSPS) is 12.0. The predicted octanol–water partition coefficient (Wildman–Crippen LogP) is 4.22. The van der Waals surface area contributed by atoms with Crippen molar-refractivity contribution < 1.29 is 13.4 Å². The second-order valence-electron chi connectivity index (χ2n) is 6.84. The van der Waals surface area contributed by atoms with E-state index in [0.29, 0.717) is 35.3 Å². The van der Waals surface area contributed by atoms with Gasteiger partial charge < -0.3 is 9.73 Å². The van der Waals surface area contributed by atoms with E-state index < -0.39 is 10.8 Å². The van der Waals surface area contributed by atoms with Crippen molar-refractivity contribution in [1.29, 1.82) is 0 Å². The zero-order valence-corrected chi connectivity index (χ0v) is 18.0. The highest BCUT2D eigenvalue weighted by Crippen LogP contribution is 2.22. The molecule has 1 atom stereocenters. The third-order valence-corrected chi connectivity index (χ3v) is 5.86. The molecule has 0 spiro atoms. The van der Waals surface area contributed by atoms with Gasteiger partial charge in [0.15, 0.2) is 0 Å². The number of rotatable bonds is 8. The molecule has 3 aromatic rings. The largest absolute Gasteiger partial charge is 0.441 e. The maximum atomic E-state index is 12.4. The van der Waals surface area contributed by atoms with Gasteiger partial charge in [0.2, 0.25) is 11.8 Å². The minimum absolute atomic E-state index is 0.0627. The molecule has 0 aliphatic carbocycles. The summed E-state index contributed by atoms with van der Waals surface area (Å²) in [7, 11) is -1.36. The van der Waals surface area contributed by atoms with Gasteiger partial charge in [-0.15, -0.1) is 0 Å². The topological polar surface area (TPSA) is 72.2 Å². The van der Waals surface area contributed by atoms with Crippen molar-refractivity contribution in [2.45, 2.75) is 26.0 Å². The molecule has 29 heavy (non-hydrogen) atoms. The van der Waals surface area contributed by atoms with Crippen LogP contribution in [0.1, 0.15) is 22.6 Å². The average molecular weight is 431 g/mol. The van der Waals surface area contributed by atoms with Crippen LogP contribution in [0.3, 0.4) is 0 Å². The number of hydrogen-bond donors (Lipinski definition) is 1. The Labute approximate surface area is 178 Å². The molecule has 0 aliphatic rings. The number of hydrogen-bond acceptors (Lipinski definition) is 4. The maximum absolute atomic E-state index is 12.4. The molecule has 1 aromatic heterocycles. The van der Waals surface area contributed by atoms with Gasteiger partial charge >= 0.3 is 0 Å². The second-order valence-corrected chi connectivity index (χ2v) is 8.74. The molecule has 0 saturated heterocycles. The van der Waals surface area contributed by atoms with Crippen LogP contribution in [0.2, 0.25) is 5.02 Å². The van der Waals surface area contributed by atoms with Crippen LogP contribution < -0.4 is 5.32 Å². The van der Waals surface area contributed by atoms with Crippen LogP contribution in [0.25, 0.3) is 11.5 Å². The Morgan fingerprint density at radius 2 is 1.79 bits per heavy atom. The molecule has 0 radical (unpaired) electrons. The lowest BCUT2D eigenvalue weighted by atomic mass is 10.1. The van der Waals surface area contributed by atoms with E-state index in [1.165, 1.54) is 0 Å². The van der Waals surface area contributed by atoms with E-state index in [4.69, 9.17) is 16.0 Å². The SMILES string of the molecule is Cc1ccc(-c2nc(CS(=O)CC(=O)NCCc3ccc(Cl)cc3)c(C)o2)cc1. The quantitative estimate of drug-likeness (QED) is 0.580. The molecular weight excluding hydrogens is 408 g/mol. The summed E-state index contributed by atoms with van der Waals surface area (Å²) in [6, 6.07) is 15.3. The molecular formula is C22H23ClN2O3S. The van der Waals surface area contributed by atoms with Crippen LogP contribution in [0.4, 0.5) is 0 Å². The first kappa shape index (κ1) is 21.3. The van der Waals surface area contributed by atoms with Crippen LogP contribution in [0.15, 0.2) is 52.9 Å². The molecule has 1 unspecified atom stereocenters. The summed E-state index contributed by atoms with van der Waals surface area (Å²) in [6.07, 6.45) is 0.692. The van der Waals surface area contributed by atoms with E-state index in [1.54, 1.807) is 6.92 Å². The van der Waals surface area contributed by atoms with E-state index in [-0.39, 0.29) is 17.4 Å². The van der Waals surface area contributed by atoms with Crippen molar-refractivity contribution >= 4 is 28.3 Å². The van der Waals surface area contributed by atoms with Crippen LogP contribution in [0.5, 0.6) is 0 Å². The lowest BCUT2D eigenvalue weighted by Gasteiger charge is -2.05. The molecule has 7 heteroatoms.